The lowest BCUT2D eigenvalue weighted by molar-refractivity contribution is -0.130. The molecule has 1 atom stereocenters. The zero-order valence-corrected chi connectivity index (χ0v) is 14.6. The predicted molar refractivity (Wildman–Crippen MR) is 88.7 cm³/mol. The largest absolute Gasteiger partial charge is 0.369 e. The molecule has 1 saturated heterocycles. The van der Waals surface area contributed by atoms with E-state index in [0.717, 1.165) is 17.9 Å². The van der Waals surface area contributed by atoms with Gasteiger partial charge in [-0.1, -0.05) is 13.8 Å². The first-order chi connectivity index (χ1) is 10.8. The van der Waals surface area contributed by atoms with Crippen molar-refractivity contribution in [1.29, 1.82) is 0 Å². The monoisotopic (exact) mass is 320 g/mol. The number of carbonyl (C=O) groups excluding carboxylic acids is 2. The summed E-state index contributed by atoms with van der Waals surface area (Å²) in [5, 5.41) is 4.59. The Morgan fingerprint density at radius 1 is 1.35 bits per heavy atom. The van der Waals surface area contributed by atoms with E-state index in [1.165, 1.54) is 5.56 Å². The number of hydrogen-bond acceptors (Lipinski definition) is 3. The van der Waals surface area contributed by atoms with E-state index < -0.39 is 0 Å². The standard InChI is InChI=1S/C17H28N4O2/c1-11(2)9-21-13(4)15(12(3)19-21)5-6-16(22)20-8-7-14(10-20)17(18)23/h11,14H,5-10H2,1-4H3,(H2,18,23)/t14-/m0/s1. The number of aromatic nitrogens is 2. The molecule has 6 nitrogen and oxygen atoms in total. The molecule has 128 valence electrons. The molecule has 0 aliphatic carbocycles. The van der Waals surface area contributed by atoms with Gasteiger partial charge in [0, 0.05) is 31.7 Å². The third kappa shape index (κ3) is 4.12. The van der Waals surface area contributed by atoms with Crippen molar-refractivity contribution in [2.75, 3.05) is 13.1 Å². The maximum atomic E-state index is 12.3. The Kier molecular flexibility index (Phi) is 5.44. The van der Waals surface area contributed by atoms with E-state index in [1.807, 2.05) is 11.6 Å². The summed E-state index contributed by atoms with van der Waals surface area (Å²) in [5.41, 5.74) is 8.65. The number of aryl methyl sites for hydroxylation is 1. The molecule has 0 radical (unpaired) electrons. The zero-order chi connectivity index (χ0) is 17.1. The van der Waals surface area contributed by atoms with Crippen LogP contribution in [0.5, 0.6) is 0 Å². The fourth-order valence-electron chi connectivity index (χ4n) is 3.23. The summed E-state index contributed by atoms with van der Waals surface area (Å²) in [6.45, 7) is 10.4. The number of hydrogen-bond donors (Lipinski definition) is 1. The summed E-state index contributed by atoms with van der Waals surface area (Å²) < 4.78 is 2.04. The van der Waals surface area contributed by atoms with Gasteiger partial charge in [0.25, 0.3) is 0 Å². The number of likely N-dealkylation sites (tertiary alicyclic amines) is 1. The van der Waals surface area contributed by atoms with Crippen LogP contribution in [0.25, 0.3) is 0 Å². The third-order valence-electron chi connectivity index (χ3n) is 4.60. The number of primary amides is 1. The SMILES string of the molecule is Cc1nn(CC(C)C)c(C)c1CCC(=O)N1CC[C@H](C(N)=O)C1. The van der Waals surface area contributed by atoms with Gasteiger partial charge in [-0.15, -0.1) is 0 Å². The van der Waals surface area contributed by atoms with E-state index >= 15 is 0 Å². The normalized spacial score (nSPS) is 18.0. The van der Waals surface area contributed by atoms with Crippen LogP contribution in [-0.4, -0.2) is 39.6 Å². The lowest BCUT2D eigenvalue weighted by Gasteiger charge is -2.16. The molecular weight excluding hydrogens is 292 g/mol. The van der Waals surface area contributed by atoms with Gasteiger partial charge < -0.3 is 10.6 Å². The van der Waals surface area contributed by atoms with Gasteiger partial charge in [-0.25, -0.2) is 0 Å². The van der Waals surface area contributed by atoms with Crippen molar-refractivity contribution in [3.05, 3.63) is 17.0 Å². The minimum atomic E-state index is -0.304. The Morgan fingerprint density at radius 2 is 2.04 bits per heavy atom. The van der Waals surface area contributed by atoms with Crippen molar-refractivity contribution in [3.8, 4) is 0 Å². The van der Waals surface area contributed by atoms with E-state index in [9.17, 15) is 9.59 Å². The highest BCUT2D eigenvalue weighted by molar-refractivity contribution is 5.81. The Labute approximate surface area is 138 Å². The Hall–Kier alpha value is -1.85. The fraction of sp³-hybridized carbons (Fsp3) is 0.706. The summed E-state index contributed by atoms with van der Waals surface area (Å²) in [6, 6.07) is 0. The van der Waals surface area contributed by atoms with Crippen LogP contribution in [0.4, 0.5) is 0 Å². The highest BCUT2D eigenvalue weighted by Crippen LogP contribution is 2.20. The molecule has 0 bridgehead atoms. The van der Waals surface area contributed by atoms with Crippen LogP contribution < -0.4 is 5.73 Å². The fourth-order valence-corrected chi connectivity index (χ4v) is 3.23. The molecule has 1 aliphatic heterocycles. The van der Waals surface area contributed by atoms with E-state index in [4.69, 9.17) is 5.73 Å². The zero-order valence-electron chi connectivity index (χ0n) is 14.6. The topological polar surface area (TPSA) is 81.2 Å². The molecule has 2 rings (SSSR count). The number of carbonyl (C=O) groups is 2. The summed E-state index contributed by atoms with van der Waals surface area (Å²) in [4.78, 5) is 25.3. The summed E-state index contributed by atoms with van der Waals surface area (Å²) in [7, 11) is 0. The Morgan fingerprint density at radius 3 is 2.61 bits per heavy atom. The lowest BCUT2D eigenvalue weighted by Crippen LogP contribution is -2.31. The maximum absolute atomic E-state index is 12.3. The summed E-state index contributed by atoms with van der Waals surface area (Å²) in [5.74, 6) is 0.153. The highest BCUT2D eigenvalue weighted by Gasteiger charge is 2.29. The summed E-state index contributed by atoms with van der Waals surface area (Å²) in [6.07, 6.45) is 1.85. The second-order valence-electron chi connectivity index (χ2n) is 6.95. The molecule has 0 spiro atoms. The second-order valence-corrected chi connectivity index (χ2v) is 6.95. The smallest absolute Gasteiger partial charge is 0.222 e. The van der Waals surface area contributed by atoms with Crippen LogP contribution in [0.2, 0.25) is 0 Å². The van der Waals surface area contributed by atoms with Crippen molar-refractivity contribution in [2.24, 2.45) is 17.6 Å². The van der Waals surface area contributed by atoms with Crippen LogP contribution in [0.15, 0.2) is 0 Å². The average Bonchev–Trinajstić information content (AvgIpc) is 3.04. The molecule has 1 aliphatic rings. The van der Waals surface area contributed by atoms with Gasteiger partial charge in [0.2, 0.25) is 11.8 Å². The van der Waals surface area contributed by atoms with Crippen molar-refractivity contribution >= 4 is 11.8 Å². The van der Waals surface area contributed by atoms with E-state index in [-0.39, 0.29) is 17.7 Å². The molecule has 0 saturated carbocycles. The molecule has 0 unspecified atom stereocenters. The van der Waals surface area contributed by atoms with Gasteiger partial charge in [0.05, 0.1) is 11.6 Å². The van der Waals surface area contributed by atoms with Crippen molar-refractivity contribution < 1.29 is 9.59 Å². The average molecular weight is 320 g/mol. The first kappa shape index (κ1) is 17.5. The van der Waals surface area contributed by atoms with Gasteiger partial charge in [-0.2, -0.15) is 5.10 Å². The van der Waals surface area contributed by atoms with Crippen molar-refractivity contribution in [2.45, 2.75) is 53.5 Å². The highest BCUT2D eigenvalue weighted by atomic mass is 16.2. The third-order valence-corrected chi connectivity index (χ3v) is 4.60. The number of amides is 2. The van der Waals surface area contributed by atoms with Crippen LogP contribution in [-0.2, 0) is 22.6 Å². The summed E-state index contributed by atoms with van der Waals surface area (Å²) >= 11 is 0. The second kappa shape index (κ2) is 7.15. The van der Waals surface area contributed by atoms with Crippen LogP contribution in [0, 0.1) is 25.7 Å². The number of nitrogens with two attached hydrogens (primary N) is 1. The van der Waals surface area contributed by atoms with E-state index in [1.54, 1.807) is 4.90 Å². The number of rotatable bonds is 6. The molecule has 1 aromatic heterocycles. The molecule has 2 amide bonds. The number of nitrogens with zero attached hydrogens (tertiary/aromatic N) is 3. The van der Waals surface area contributed by atoms with E-state index in [0.29, 0.717) is 38.3 Å². The Bertz CT molecular complexity index is 592. The van der Waals surface area contributed by atoms with Crippen LogP contribution in [0.3, 0.4) is 0 Å². The minimum Gasteiger partial charge on any atom is -0.369 e. The van der Waals surface area contributed by atoms with Gasteiger partial charge in [-0.05, 0) is 38.2 Å². The Balaban J connectivity index is 1.95. The molecule has 0 aromatic carbocycles. The van der Waals surface area contributed by atoms with Gasteiger partial charge in [0.1, 0.15) is 0 Å². The van der Waals surface area contributed by atoms with Gasteiger partial charge >= 0.3 is 0 Å². The molecule has 2 N–H and O–H groups in total. The quantitative estimate of drug-likeness (QED) is 0.860. The van der Waals surface area contributed by atoms with E-state index in [2.05, 4.69) is 25.9 Å². The van der Waals surface area contributed by atoms with Crippen LogP contribution in [0.1, 0.15) is 43.6 Å². The molecule has 1 aromatic rings. The molecule has 6 heteroatoms. The van der Waals surface area contributed by atoms with Gasteiger partial charge in [0.15, 0.2) is 0 Å². The first-order valence-corrected chi connectivity index (χ1v) is 8.39. The van der Waals surface area contributed by atoms with Crippen LogP contribution >= 0.6 is 0 Å². The van der Waals surface area contributed by atoms with Crippen molar-refractivity contribution in [3.63, 3.8) is 0 Å². The maximum Gasteiger partial charge on any atom is 0.222 e. The van der Waals surface area contributed by atoms with Gasteiger partial charge in [-0.3, -0.25) is 14.3 Å². The first-order valence-electron chi connectivity index (χ1n) is 8.39. The molecular formula is C17H28N4O2. The minimum absolute atomic E-state index is 0.101. The predicted octanol–water partition coefficient (Wildman–Crippen LogP) is 1.42. The lowest BCUT2D eigenvalue weighted by atomic mass is 10.1. The van der Waals surface area contributed by atoms with Crippen molar-refractivity contribution in [1.82, 2.24) is 14.7 Å². The molecule has 23 heavy (non-hydrogen) atoms. The molecule has 2 heterocycles. The molecule has 1 fully saturated rings.